The zero-order valence-electron chi connectivity index (χ0n) is 18.1. The van der Waals surface area contributed by atoms with Gasteiger partial charge in [0, 0.05) is 5.41 Å². The van der Waals surface area contributed by atoms with Gasteiger partial charge in [0.05, 0.1) is 12.7 Å². The van der Waals surface area contributed by atoms with Crippen LogP contribution in [0.1, 0.15) is 78.6 Å². The number of carbonyl (C=O) groups is 1. The zero-order valence-corrected chi connectivity index (χ0v) is 18.1. The topological polar surface area (TPSA) is 103 Å². The fourth-order valence-electron chi connectivity index (χ4n) is 8.13. The van der Waals surface area contributed by atoms with Crippen LogP contribution in [0.15, 0.2) is 0 Å². The molecule has 6 heteroatoms. The molecule has 1 unspecified atom stereocenters. The minimum atomic E-state index is -1.44. The number of hydrogen-bond donors (Lipinski definition) is 2. The maximum atomic E-state index is 12.4. The van der Waals surface area contributed by atoms with Crippen molar-refractivity contribution in [2.75, 3.05) is 6.61 Å². The fraction of sp³-hybridized carbons (Fsp3) is 0.913. The minimum absolute atomic E-state index is 0.150. The standard InChI is InChI=1S/C23H36N2O4/c1-4-29-20(27)19(25-24)23(28)12-9-18-16-6-5-14-13-15(26)7-10-21(14,2)17(16)8-11-22(18,23)3/h14-18,26,28H,4-13H2,1-3H3/t14-,15-,16+,17-,18-,21-,22-,23?/m0/s1. The van der Waals surface area contributed by atoms with E-state index in [4.69, 9.17) is 4.74 Å². The SMILES string of the molecule is CCOC(=O)C(=[N+]=[N-])C1(O)CC[C@H]2[C@@H]3CC[C@H]4C[C@@H](O)CC[C@]4(C)[C@H]3CC[C@@]21C. The Morgan fingerprint density at radius 3 is 2.52 bits per heavy atom. The highest BCUT2D eigenvalue weighted by Crippen LogP contribution is 2.68. The van der Waals surface area contributed by atoms with Crippen molar-refractivity contribution in [3.05, 3.63) is 5.53 Å². The zero-order chi connectivity index (χ0) is 21.0. The first-order chi connectivity index (χ1) is 13.7. The molecule has 4 aliphatic carbocycles. The van der Waals surface area contributed by atoms with E-state index in [2.05, 4.69) is 18.6 Å². The summed E-state index contributed by atoms with van der Waals surface area (Å²) in [5, 5.41) is 21.9. The van der Waals surface area contributed by atoms with Crippen LogP contribution < -0.4 is 0 Å². The highest BCUT2D eigenvalue weighted by atomic mass is 16.5. The first kappa shape index (κ1) is 21.0. The molecule has 0 bridgehead atoms. The van der Waals surface area contributed by atoms with E-state index < -0.39 is 17.0 Å². The molecule has 2 N–H and O–H groups in total. The smallest absolute Gasteiger partial charge is 0.420 e. The van der Waals surface area contributed by atoms with Crippen LogP contribution in [0.3, 0.4) is 0 Å². The number of aliphatic hydroxyl groups is 2. The molecule has 4 fully saturated rings. The van der Waals surface area contributed by atoms with Gasteiger partial charge in [0.15, 0.2) is 5.60 Å². The van der Waals surface area contributed by atoms with E-state index in [0.29, 0.717) is 30.1 Å². The van der Waals surface area contributed by atoms with Gasteiger partial charge in [-0.15, -0.1) is 0 Å². The van der Waals surface area contributed by atoms with Crippen LogP contribution >= 0.6 is 0 Å². The normalized spacial score (nSPS) is 48.7. The second kappa shape index (κ2) is 7.18. The van der Waals surface area contributed by atoms with Gasteiger partial charge in [-0.05, 0) is 93.8 Å². The van der Waals surface area contributed by atoms with E-state index in [-0.39, 0.29) is 23.8 Å². The van der Waals surface area contributed by atoms with Crippen LogP contribution in [0, 0.1) is 34.5 Å². The summed E-state index contributed by atoms with van der Waals surface area (Å²) < 4.78 is 5.09. The van der Waals surface area contributed by atoms with Crippen molar-refractivity contribution in [2.45, 2.75) is 90.3 Å². The molecule has 0 aliphatic heterocycles. The van der Waals surface area contributed by atoms with Crippen LogP contribution in [0.4, 0.5) is 0 Å². The highest BCUT2D eigenvalue weighted by Gasteiger charge is 2.69. The summed E-state index contributed by atoms with van der Waals surface area (Å²) in [4.78, 5) is 15.7. The molecule has 4 rings (SSSR count). The summed E-state index contributed by atoms with van der Waals surface area (Å²) >= 11 is 0. The number of nitrogens with zero attached hydrogens (tertiary/aromatic N) is 2. The highest BCUT2D eigenvalue weighted by molar-refractivity contribution is 6.37. The van der Waals surface area contributed by atoms with Crippen molar-refractivity contribution in [3.63, 3.8) is 0 Å². The van der Waals surface area contributed by atoms with Gasteiger partial charge in [-0.2, -0.15) is 4.79 Å². The second-order valence-corrected chi connectivity index (χ2v) is 10.6. The lowest BCUT2D eigenvalue weighted by atomic mass is 9.44. The minimum Gasteiger partial charge on any atom is -0.457 e. The van der Waals surface area contributed by atoms with Gasteiger partial charge in [-0.25, -0.2) is 4.79 Å². The molecule has 0 spiro atoms. The van der Waals surface area contributed by atoms with Crippen LogP contribution in [0.25, 0.3) is 5.53 Å². The molecule has 0 aromatic heterocycles. The van der Waals surface area contributed by atoms with E-state index in [0.717, 1.165) is 51.4 Å². The van der Waals surface area contributed by atoms with E-state index in [1.807, 2.05) is 0 Å². The Kier molecular flexibility index (Phi) is 5.20. The molecule has 0 amide bonds. The predicted molar refractivity (Wildman–Crippen MR) is 108 cm³/mol. The predicted octanol–water partition coefficient (Wildman–Crippen LogP) is 3.36. The summed E-state index contributed by atoms with van der Waals surface area (Å²) in [5.74, 6) is 1.31. The fourth-order valence-corrected chi connectivity index (χ4v) is 8.13. The third-order valence-corrected chi connectivity index (χ3v) is 9.75. The van der Waals surface area contributed by atoms with Gasteiger partial charge in [0.2, 0.25) is 0 Å². The summed E-state index contributed by atoms with van der Waals surface area (Å²) in [6.07, 6.45) is 8.13. The molecule has 0 radical (unpaired) electrons. The lowest BCUT2D eigenvalue weighted by Crippen LogP contribution is -2.60. The maximum Gasteiger partial charge on any atom is 0.420 e. The number of aliphatic hydroxyl groups excluding tert-OH is 1. The van der Waals surface area contributed by atoms with Gasteiger partial charge in [0.1, 0.15) is 0 Å². The van der Waals surface area contributed by atoms with Crippen LogP contribution in [0.2, 0.25) is 0 Å². The quantitative estimate of drug-likeness (QED) is 0.326. The third kappa shape index (κ3) is 2.86. The van der Waals surface area contributed by atoms with Crippen molar-refractivity contribution >= 4 is 11.7 Å². The van der Waals surface area contributed by atoms with Crippen molar-refractivity contribution in [2.24, 2.45) is 34.5 Å². The van der Waals surface area contributed by atoms with Crippen LogP contribution in [0.5, 0.6) is 0 Å². The monoisotopic (exact) mass is 404 g/mol. The molecule has 0 heterocycles. The maximum absolute atomic E-state index is 12.4. The average molecular weight is 405 g/mol. The molecule has 0 saturated heterocycles. The Labute approximate surface area is 173 Å². The molecule has 0 aromatic rings. The van der Waals surface area contributed by atoms with Gasteiger partial charge < -0.3 is 20.5 Å². The Balaban J connectivity index is 1.64. The number of ether oxygens (including phenoxy) is 1. The lowest BCUT2D eigenvalue weighted by molar-refractivity contribution is -0.160. The van der Waals surface area contributed by atoms with Crippen molar-refractivity contribution < 1.29 is 24.5 Å². The lowest BCUT2D eigenvalue weighted by Gasteiger charge is -2.61. The molecule has 0 aromatic carbocycles. The number of esters is 1. The molecule has 4 saturated carbocycles. The number of hydrogen-bond acceptors (Lipinski definition) is 4. The first-order valence-corrected chi connectivity index (χ1v) is 11.5. The van der Waals surface area contributed by atoms with Gasteiger partial charge in [-0.3, -0.25) is 0 Å². The summed E-state index contributed by atoms with van der Waals surface area (Å²) in [5.41, 5.74) is 7.73. The summed E-state index contributed by atoms with van der Waals surface area (Å²) in [6, 6.07) is 0. The molecular weight excluding hydrogens is 368 g/mol. The van der Waals surface area contributed by atoms with E-state index in [1.165, 1.54) is 0 Å². The Hall–Kier alpha value is -1.23. The number of fused-ring (bicyclic) bond motifs is 5. The van der Waals surface area contributed by atoms with E-state index in [1.54, 1.807) is 6.92 Å². The van der Waals surface area contributed by atoms with E-state index in [9.17, 15) is 20.5 Å². The summed E-state index contributed by atoms with van der Waals surface area (Å²) in [7, 11) is 0. The Morgan fingerprint density at radius 1 is 1.10 bits per heavy atom. The summed E-state index contributed by atoms with van der Waals surface area (Å²) in [6.45, 7) is 6.42. The second-order valence-electron chi connectivity index (χ2n) is 10.6. The Morgan fingerprint density at radius 2 is 1.83 bits per heavy atom. The van der Waals surface area contributed by atoms with Crippen molar-refractivity contribution in [1.82, 2.24) is 0 Å². The van der Waals surface area contributed by atoms with Crippen LogP contribution in [-0.2, 0) is 9.53 Å². The molecular formula is C23H36N2O4. The molecule has 8 atom stereocenters. The van der Waals surface area contributed by atoms with Gasteiger partial charge in [-0.1, -0.05) is 13.8 Å². The molecule has 6 nitrogen and oxygen atoms in total. The van der Waals surface area contributed by atoms with Gasteiger partial charge >= 0.3 is 11.7 Å². The molecule has 29 heavy (non-hydrogen) atoms. The van der Waals surface area contributed by atoms with Crippen molar-refractivity contribution in [1.29, 1.82) is 0 Å². The molecule has 162 valence electrons. The third-order valence-electron chi connectivity index (χ3n) is 9.75. The van der Waals surface area contributed by atoms with Crippen molar-refractivity contribution in [3.8, 4) is 0 Å². The average Bonchev–Trinajstić information content (AvgIpc) is 2.95. The number of rotatable bonds is 3. The van der Waals surface area contributed by atoms with Gasteiger partial charge in [0.25, 0.3) is 0 Å². The molecule has 4 aliphatic rings. The van der Waals surface area contributed by atoms with Crippen LogP contribution in [-0.4, -0.2) is 45.0 Å². The van der Waals surface area contributed by atoms with E-state index >= 15 is 0 Å². The largest absolute Gasteiger partial charge is 0.457 e. The first-order valence-electron chi connectivity index (χ1n) is 11.5. The number of carbonyl (C=O) groups excluding carboxylic acids is 1. The Bertz CT molecular complexity index is 734.